The predicted octanol–water partition coefficient (Wildman–Crippen LogP) is 3.73. The first-order valence-corrected chi connectivity index (χ1v) is 8.63. The van der Waals surface area contributed by atoms with E-state index in [1.807, 2.05) is 30.3 Å². The van der Waals surface area contributed by atoms with E-state index in [0.717, 1.165) is 41.8 Å². The van der Waals surface area contributed by atoms with Gasteiger partial charge in [0.25, 0.3) is 5.91 Å². The van der Waals surface area contributed by atoms with Gasteiger partial charge in [0.1, 0.15) is 5.75 Å². The predicted molar refractivity (Wildman–Crippen MR) is 97.3 cm³/mol. The van der Waals surface area contributed by atoms with Crippen LogP contribution >= 0.6 is 0 Å². The van der Waals surface area contributed by atoms with Crippen molar-refractivity contribution in [2.24, 2.45) is 0 Å². The van der Waals surface area contributed by atoms with Crippen molar-refractivity contribution in [3.05, 3.63) is 60.0 Å². The first-order chi connectivity index (χ1) is 12.8. The molecule has 3 heterocycles. The third kappa shape index (κ3) is 2.94. The van der Waals surface area contributed by atoms with Crippen molar-refractivity contribution in [3.8, 4) is 17.1 Å². The van der Waals surface area contributed by atoms with Crippen molar-refractivity contribution in [2.45, 2.75) is 19.3 Å². The van der Waals surface area contributed by atoms with Gasteiger partial charge in [-0.2, -0.15) is 0 Å². The zero-order valence-electron chi connectivity index (χ0n) is 14.5. The van der Waals surface area contributed by atoms with Gasteiger partial charge < -0.3 is 14.2 Å². The molecule has 0 spiro atoms. The first kappa shape index (κ1) is 16.3. The average molecular weight is 349 g/mol. The van der Waals surface area contributed by atoms with Gasteiger partial charge in [-0.05, 0) is 43.5 Å². The number of ether oxygens (including phenoxy) is 1. The molecule has 4 rings (SSSR count). The van der Waals surface area contributed by atoms with Gasteiger partial charge in [-0.1, -0.05) is 11.2 Å². The average Bonchev–Trinajstić information content (AvgIpc) is 3.08. The lowest BCUT2D eigenvalue weighted by molar-refractivity contribution is 0.0978. The summed E-state index contributed by atoms with van der Waals surface area (Å²) in [4.78, 5) is 18.9. The molecule has 3 aromatic rings. The second kappa shape index (κ2) is 7.00. The SMILES string of the molecule is COc1cccc2c1CCCCN2C(=O)c1cc(-c2cccnc2)on1. The van der Waals surface area contributed by atoms with Crippen LogP contribution in [0.5, 0.6) is 5.75 Å². The molecule has 1 aromatic carbocycles. The minimum atomic E-state index is -0.166. The highest BCUT2D eigenvalue weighted by atomic mass is 16.5. The van der Waals surface area contributed by atoms with Gasteiger partial charge in [0.15, 0.2) is 11.5 Å². The lowest BCUT2D eigenvalue weighted by Gasteiger charge is -2.22. The Morgan fingerprint density at radius 1 is 1.23 bits per heavy atom. The van der Waals surface area contributed by atoms with Gasteiger partial charge in [-0.15, -0.1) is 0 Å². The normalized spacial score (nSPS) is 13.8. The smallest absolute Gasteiger partial charge is 0.280 e. The third-order valence-corrected chi connectivity index (χ3v) is 4.60. The Morgan fingerprint density at radius 2 is 2.15 bits per heavy atom. The number of fused-ring (bicyclic) bond motifs is 1. The number of amides is 1. The molecule has 132 valence electrons. The highest BCUT2D eigenvalue weighted by molar-refractivity contribution is 6.05. The van der Waals surface area contributed by atoms with Crippen LogP contribution in [-0.4, -0.2) is 29.7 Å². The zero-order valence-corrected chi connectivity index (χ0v) is 14.5. The highest BCUT2D eigenvalue weighted by Gasteiger charge is 2.26. The number of rotatable bonds is 3. The summed E-state index contributed by atoms with van der Waals surface area (Å²) in [6.07, 6.45) is 6.20. The molecule has 0 saturated heterocycles. The second-order valence-electron chi connectivity index (χ2n) is 6.19. The molecule has 0 bridgehead atoms. The number of aromatic nitrogens is 2. The molecule has 6 heteroatoms. The zero-order chi connectivity index (χ0) is 17.9. The van der Waals surface area contributed by atoms with Crippen molar-refractivity contribution >= 4 is 11.6 Å². The van der Waals surface area contributed by atoms with E-state index < -0.39 is 0 Å². The summed E-state index contributed by atoms with van der Waals surface area (Å²) >= 11 is 0. The van der Waals surface area contributed by atoms with Gasteiger partial charge in [-0.3, -0.25) is 9.78 Å². The van der Waals surface area contributed by atoms with Crippen LogP contribution < -0.4 is 9.64 Å². The molecule has 6 nitrogen and oxygen atoms in total. The summed E-state index contributed by atoms with van der Waals surface area (Å²) in [6, 6.07) is 11.2. The maximum atomic E-state index is 13.1. The summed E-state index contributed by atoms with van der Waals surface area (Å²) in [5, 5.41) is 3.99. The van der Waals surface area contributed by atoms with Gasteiger partial charge in [-0.25, -0.2) is 0 Å². The Hall–Kier alpha value is -3.15. The summed E-state index contributed by atoms with van der Waals surface area (Å²) in [5.41, 5.74) is 3.03. The topological polar surface area (TPSA) is 68.5 Å². The maximum Gasteiger partial charge on any atom is 0.280 e. The second-order valence-corrected chi connectivity index (χ2v) is 6.19. The lowest BCUT2D eigenvalue weighted by atomic mass is 10.1. The molecule has 1 aliphatic heterocycles. The molecule has 0 radical (unpaired) electrons. The number of benzene rings is 1. The Balaban J connectivity index is 1.68. The summed E-state index contributed by atoms with van der Waals surface area (Å²) in [5.74, 6) is 1.18. The molecule has 2 aromatic heterocycles. The number of carbonyl (C=O) groups excluding carboxylic acids is 1. The standard InChI is InChI=1S/C20H19N3O3/c1-25-18-9-4-8-17-15(18)7-2-3-11-23(17)20(24)16-12-19(26-22-16)14-6-5-10-21-13-14/h4-6,8-10,12-13H,2-3,7,11H2,1H3. The minimum Gasteiger partial charge on any atom is -0.496 e. The summed E-state index contributed by atoms with van der Waals surface area (Å²) < 4.78 is 10.8. The van der Waals surface area contributed by atoms with Crippen LogP contribution in [0.4, 0.5) is 5.69 Å². The number of hydrogen-bond acceptors (Lipinski definition) is 5. The Kier molecular flexibility index (Phi) is 4.39. The van der Waals surface area contributed by atoms with Crippen molar-refractivity contribution in [3.63, 3.8) is 0 Å². The monoisotopic (exact) mass is 349 g/mol. The fourth-order valence-corrected chi connectivity index (χ4v) is 3.31. The molecular weight excluding hydrogens is 330 g/mol. The Labute approximate surface area is 151 Å². The van der Waals surface area contributed by atoms with Crippen LogP contribution in [0.2, 0.25) is 0 Å². The molecule has 26 heavy (non-hydrogen) atoms. The van der Waals surface area contributed by atoms with Crippen molar-refractivity contribution in [2.75, 3.05) is 18.6 Å². The summed E-state index contributed by atoms with van der Waals surface area (Å²) in [6.45, 7) is 0.647. The van der Waals surface area contributed by atoms with Gasteiger partial charge >= 0.3 is 0 Å². The molecule has 0 N–H and O–H groups in total. The van der Waals surface area contributed by atoms with Gasteiger partial charge in [0.05, 0.1) is 12.8 Å². The van der Waals surface area contributed by atoms with Crippen LogP contribution in [0.25, 0.3) is 11.3 Å². The van der Waals surface area contributed by atoms with Crippen LogP contribution in [0.1, 0.15) is 28.9 Å². The molecule has 0 aliphatic carbocycles. The van der Waals surface area contributed by atoms with Crippen LogP contribution in [0.15, 0.2) is 53.3 Å². The van der Waals surface area contributed by atoms with Crippen molar-refractivity contribution in [1.82, 2.24) is 10.1 Å². The third-order valence-electron chi connectivity index (χ3n) is 4.60. The highest BCUT2D eigenvalue weighted by Crippen LogP contribution is 2.34. The van der Waals surface area contributed by atoms with Crippen molar-refractivity contribution < 1.29 is 14.1 Å². The summed E-state index contributed by atoms with van der Waals surface area (Å²) in [7, 11) is 1.66. The quantitative estimate of drug-likeness (QED) is 0.721. The largest absolute Gasteiger partial charge is 0.496 e. The Bertz CT molecular complexity index is 921. The molecule has 0 fully saturated rings. The molecule has 1 amide bonds. The number of nitrogens with zero attached hydrogens (tertiary/aromatic N) is 3. The maximum absolute atomic E-state index is 13.1. The number of hydrogen-bond donors (Lipinski definition) is 0. The van der Waals surface area contributed by atoms with E-state index in [4.69, 9.17) is 9.26 Å². The first-order valence-electron chi connectivity index (χ1n) is 8.63. The van der Waals surface area contributed by atoms with E-state index in [-0.39, 0.29) is 5.91 Å². The van der Waals surface area contributed by atoms with E-state index in [2.05, 4.69) is 10.1 Å². The van der Waals surface area contributed by atoms with E-state index in [0.29, 0.717) is 18.0 Å². The fourth-order valence-electron chi connectivity index (χ4n) is 3.31. The van der Waals surface area contributed by atoms with Gasteiger partial charge in [0.2, 0.25) is 0 Å². The van der Waals surface area contributed by atoms with E-state index in [1.54, 1.807) is 30.5 Å². The van der Waals surface area contributed by atoms with Crippen LogP contribution in [-0.2, 0) is 6.42 Å². The number of methoxy groups -OCH3 is 1. The number of carbonyl (C=O) groups is 1. The molecule has 0 unspecified atom stereocenters. The van der Waals surface area contributed by atoms with Crippen molar-refractivity contribution in [1.29, 1.82) is 0 Å². The van der Waals surface area contributed by atoms with E-state index in [1.165, 1.54) is 0 Å². The van der Waals surface area contributed by atoms with Crippen LogP contribution in [0.3, 0.4) is 0 Å². The minimum absolute atomic E-state index is 0.166. The molecule has 1 aliphatic rings. The number of anilines is 1. The fraction of sp³-hybridized carbons (Fsp3) is 0.250. The Morgan fingerprint density at radius 3 is 2.96 bits per heavy atom. The lowest BCUT2D eigenvalue weighted by Crippen LogP contribution is -2.32. The van der Waals surface area contributed by atoms with Gasteiger partial charge in [0, 0.05) is 36.1 Å². The molecule has 0 saturated carbocycles. The molecular formula is C20H19N3O3. The molecule has 0 atom stereocenters. The van der Waals surface area contributed by atoms with E-state index >= 15 is 0 Å². The van der Waals surface area contributed by atoms with Crippen LogP contribution in [0, 0.1) is 0 Å². The van der Waals surface area contributed by atoms with E-state index in [9.17, 15) is 4.79 Å². The number of pyridine rings is 1.